The molecule has 0 unspecified atom stereocenters. The Balaban J connectivity index is 1.58. The van der Waals surface area contributed by atoms with E-state index in [2.05, 4.69) is 20.4 Å². The fourth-order valence-corrected chi connectivity index (χ4v) is 4.42. The van der Waals surface area contributed by atoms with Gasteiger partial charge in [0.05, 0.1) is 23.6 Å². The highest BCUT2D eigenvalue weighted by Gasteiger charge is 2.18. The summed E-state index contributed by atoms with van der Waals surface area (Å²) in [5, 5.41) is 14.1. The highest BCUT2D eigenvalue weighted by atomic mass is 32.1. The molecule has 5 rings (SSSR count). The molecule has 0 saturated heterocycles. The molecule has 0 aromatic carbocycles. The lowest BCUT2D eigenvalue weighted by Crippen LogP contribution is -2.24. The van der Waals surface area contributed by atoms with Crippen molar-refractivity contribution in [1.29, 1.82) is 0 Å². The second-order valence-corrected chi connectivity index (χ2v) is 7.65. The molecule has 0 aliphatic rings. The number of rotatable bonds is 4. The largest absolute Gasteiger partial charge is 0.323 e. The van der Waals surface area contributed by atoms with Gasteiger partial charge in [-0.15, -0.1) is 16.4 Å². The molecular formula is C18H16N8OS. The number of aromatic nitrogens is 8. The zero-order valence-corrected chi connectivity index (χ0v) is 16.1. The number of hydrogen-bond acceptors (Lipinski definition) is 7. The number of fused-ring (bicyclic) bond motifs is 3. The Morgan fingerprint density at radius 2 is 2.07 bits per heavy atom. The summed E-state index contributed by atoms with van der Waals surface area (Å²) in [5.74, 6) is 0. The molecule has 5 aromatic rings. The zero-order valence-electron chi connectivity index (χ0n) is 15.3. The summed E-state index contributed by atoms with van der Waals surface area (Å²) in [7, 11) is 3.65. The van der Waals surface area contributed by atoms with Gasteiger partial charge in [0.15, 0.2) is 5.65 Å². The van der Waals surface area contributed by atoms with E-state index in [-0.39, 0.29) is 12.1 Å². The lowest BCUT2D eigenvalue weighted by Gasteiger charge is -2.03. The Bertz CT molecular complexity index is 1360. The third kappa shape index (κ3) is 2.69. The topological polar surface area (TPSA) is 96.3 Å². The van der Waals surface area contributed by atoms with Gasteiger partial charge >= 0.3 is 0 Å². The maximum Gasteiger partial charge on any atom is 0.291 e. The van der Waals surface area contributed by atoms with Crippen LogP contribution >= 0.6 is 11.3 Å². The molecule has 0 saturated carbocycles. The van der Waals surface area contributed by atoms with E-state index < -0.39 is 0 Å². The smallest absolute Gasteiger partial charge is 0.291 e. The molecule has 10 heteroatoms. The molecule has 140 valence electrons. The highest BCUT2D eigenvalue weighted by molar-refractivity contribution is 7.19. The Kier molecular flexibility index (Phi) is 3.79. The van der Waals surface area contributed by atoms with Gasteiger partial charge in [0, 0.05) is 37.8 Å². The average Bonchev–Trinajstić information content (AvgIpc) is 3.35. The predicted molar refractivity (Wildman–Crippen MR) is 105 cm³/mol. The number of thiazole rings is 1. The van der Waals surface area contributed by atoms with E-state index in [1.54, 1.807) is 41.7 Å². The van der Waals surface area contributed by atoms with Crippen LogP contribution in [0.25, 0.3) is 21.3 Å². The highest BCUT2D eigenvalue weighted by Crippen LogP contribution is 2.31. The Hall–Kier alpha value is -3.40. The van der Waals surface area contributed by atoms with E-state index in [0.717, 1.165) is 26.4 Å². The normalized spacial score (nSPS) is 11.6. The second-order valence-electron chi connectivity index (χ2n) is 6.57. The summed E-state index contributed by atoms with van der Waals surface area (Å²) in [4.78, 5) is 22.1. The van der Waals surface area contributed by atoms with Gasteiger partial charge in [0.25, 0.3) is 5.56 Å². The first-order valence-corrected chi connectivity index (χ1v) is 9.51. The van der Waals surface area contributed by atoms with E-state index in [0.29, 0.717) is 17.6 Å². The fourth-order valence-electron chi connectivity index (χ4n) is 3.30. The third-order valence-corrected chi connectivity index (χ3v) is 5.67. The molecule has 0 fully saturated rings. The van der Waals surface area contributed by atoms with Crippen LogP contribution in [0.1, 0.15) is 16.4 Å². The number of aryl methyl sites for hydroxylation is 2. The SMILES string of the molecule is Cn1cc(Cn2ncc3c4sc(Cc5ccccn5)nc4n(C)c3c2=O)nn1. The van der Waals surface area contributed by atoms with E-state index in [1.807, 2.05) is 29.8 Å². The van der Waals surface area contributed by atoms with Gasteiger partial charge in [0.1, 0.15) is 16.2 Å². The molecule has 0 aliphatic heterocycles. The van der Waals surface area contributed by atoms with Crippen molar-refractivity contribution < 1.29 is 0 Å². The summed E-state index contributed by atoms with van der Waals surface area (Å²) in [6.07, 6.45) is 5.95. The van der Waals surface area contributed by atoms with Crippen molar-refractivity contribution in [2.24, 2.45) is 14.1 Å². The van der Waals surface area contributed by atoms with Gasteiger partial charge in [-0.1, -0.05) is 11.3 Å². The minimum absolute atomic E-state index is 0.165. The van der Waals surface area contributed by atoms with E-state index >= 15 is 0 Å². The van der Waals surface area contributed by atoms with Crippen molar-refractivity contribution in [3.8, 4) is 0 Å². The first-order chi connectivity index (χ1) is 13.6. The quantitative estimate of drug-likeness (QED) is 0.460. The molecule has 0 amide bonds. The molecule has 0 atom stereocenters. The Labute approximate surface area is 162 Å². The van der Waals surface area contributed by atoms with Crippen LogP contribution in [-0.4, -0.2) is 39.3 Å². The van der Waals surface area contributed by atoms with Crippen LogP contribution in [0.3, 0.4) is 0 Å². The van der Waals surface area contributed by atoms with E-state index in [4.69, 9.17) is 4.98 Å². The number of hydrogen-bond donors (Lipinski definition) is 0. The van der Waals surface area contributed by atoms with Gasteiger partial charge in [-0.05, 0) is 12.1 Å². The molecule has 28 heavy (non-hydrogen) atoms. The van der Waals surface area contributed by atoms with Crippen molar-refractivity contribution in [2.45, 2.75) is 13.0 Å². The van der Waals surface area contributed by atoms with Gasteiger partial charge in [-0.25, -0.2) is 9.67 Å². The first kappa shape index (κ1) is 16.8. The molecule has 0 bridgehead atoms. The molecule has 0 spiro atoms. The van der Waals surface area contributed by atoms with Crippen molar-refractivity contribution in [3.63, 3.8) is 0 Å². The minimum Gasteiger partial charge on any atom is -0.323 e. The Morgan fingerprint density at radius 1 is 1.18 bits per heavy atom. The van der Waals surface area contributed by atoms with Gasteiger partial charge in [-0.3, -0.25) is 14.5 Å². The summed E-state index contributed by atoms with van der Waals surface area (Å²) in [5.41, 5.74) is 2.87. The zero-order chi connectivity index (χ0) is 19.3. The third-order valence-electron chi connectivity index (χ3n) is 4.59. The molecule has 5 aromatic heterocycles. The average molecular weight is 392 g/mol. The van der Waals surface area contributed by atoms with E-state index in [9.17, 15) is 4.79 Å². The lowest BCUT2D eigenvalue weighted by atomic mass is 10.3. The maximum absolute atomic E-state index is 13.0. The lowest BCUT2D eigenvalue weighted by molar-refractivity contribution is 0.630. The van der Waals surface area contributed by atoms with Crippen LogP contribution in [-0.2, 0) is 27.1 Å². The monoisotopic (exact) mass is 392 g/mol. The van der Waals surface area contributed by atoms with Gasteiger partial charge in [0.2, 0.25) is 0 Å². The van der Waals surface area contributed by atoms with Crippen LogP contribution in [0, 0.1) is 0 Å². The molecule has 0 N–H and O–H groups in total. The summed E-state index contributed by atoms with van der Waals surface area (Å²) >= 11 is 1.58. The van der Waals surface area contributed by atoms with Crippen LogP contribution < -0.4 is 5.56 Å². The van der Waals surface area contributed by atoms with Crippen LogP contribution in [0.15, 0.2) is 41.6 Å². The number of pyridine rings is 1. The summed E-state index contributed by atoms with van der Waals surface area (Å²) in [6, 6.07) is 5.85. The summed E-state index contributed by atoms with van der Waals surface area (Å²) in [6.45, 7) is 0.278. The molecule has 0 aliphatic carbocycles. The van der Waals surface area contributed by atoms with Crippen LogP contribution in [0.5, 0.6) is 0 Å². The van der Waals surface area contributed by atoms with Crippen molar-refractivity contribution in [1.82, 2.24) is 39.3 Å². The summed E-state index contributed by atoms with van der Waals surface area (Å²) < 4.78 is 5.83. The van der Waals surface area contributed by atoms with Crippen molar-refractivity contribution in [2.75, 3.05) is 0 Å². The molecule has 5 heterocycles. The van der Waals surface area contributed by atoms with Crippen molar-refractivity contribution >= 4 is 32.6 Å². The predicted octanol–water partition coefficient (Wildman–Crippen LogP) is 1.51. The molecule has 0 radical (unpaired) electrons. The van der Waals surface area contributed by atoms with E-state index in [1.165, 1.54) is 4.68 Å². The van der Waals surface area contributed by atoms with Gasteiger partial charge < -0.3 is 4.57 Å². The number of nitrogens with zero attached hydrogens (tertiary/aromatic N) is 8. The van der Waals surface area contributed by atoms with Crippen LogP contribution in [0.2, 0.25) is 0 Å². The van der Waals surface area contributed by atoms with Crippen LogP contribution in [0.4, 0.5) is 0 Å². The fraction of sp³-hybridized carbons (Fsp3) is 0.222. The Morgan fingerprint density at radius 3 is 2.82 bits per heavy atom. The minimum atomic E-state index is -0.165. The maximum atomic E-state index is 13.0. The molecular weight excluding hydrogens is 376 g/mol. The standard InChI is InChI=1S/C18H16N8OS/c1-24-9-12(22-23-24)10-26-18(27)15-13(8-20-26)16-17(25(15)2)21-14(28-16)7-11-5-3-4-6-19-11/h3-6,8-9H,7,10H2,1-2H3. The molecule has 9 nitrogen and oxygen atoms in total. The second kappa shape index (κ2) is 6.34. The first-order valence-electron chi connectivity index (χ1n) is 8.69. The van der Waals surface area contributed by atoms with Crippen molar-refractivity contribution in [3.05, 3.63) is 63.5 Å². The van der Waals surface area contributed by atoms with Gasteiger partial charge in [-0.2, -0.15) is 5.10 Å².